The number of halogens is 3. The number of esters is 1. The van der Waals surface area contributed by atoms with Gasteiger partial charge in [0.25, 0.3) is 0 Å². The number of rotatable bonds is 6. The van der Waals surface area contributed by atoms with Crippen LogP contribution in [0.2, 0.25) is 0 Å². The SMILES string of the molecule is CCN(CC)c1nc(-c2ccccc2)nc2c(-c3ccc(C(F)(F)F)cc3)cc(C(=O)OC)nc12. The Morgan fingerprint density at radius 1 is 0.886 bits per heavy atom. The van der Waals surface area contributed by atoms with Crippen LogP contribution < -0.4 is 4.90 Å². The van der Waals surface area contributed by atoms with Crippen LogP contribution in [-0.4, -0.2) is 41.1 Å². The fraction of sp³-hybridized carbons (Fsp3) is 0.231. The topological polar surface area (TPSA) is 68.2 Å². The van der Waals surface area contributed by atoms with Crippen LogP contribution in [0, 0.1) is 0 Å². The summed E-state index contributed by atoms with van der Waals surface area (Å²) in [7, 11) is 1.24. The van der Waals surface area contributed by atoms with Crippen molar-refractivity contribution in [2.75, 3.05) is 25.1 Å². The van der Waals surface area contributed by atoms with Crippen LogP contribution in [-0.2, 0) is 10.9 Å². The maximum Gasteiger partial charge on any atom is 0.416 e. The molecule has 0 aliphatic rings. The summed E-state index contributed by atoms with van der Waals surface area (Å²) in [5, 5.41) is 0. The Morgan fingerprint density at radius 3 is 2.11 bits per heavy atom. The molecule has 2 aromatic carbocycles. The molecular weight excluding hydrogens is 457 g/mol. The molecule has 0 aliphatic heterocycles. The van der Waals surface area contributed by atoms with Crippen molar-refractivity contribution in [3.05, 3.63) is 71.9 Å². The zero-order valence-electron chi connectivity index (χ0n) is 19.4. The van der Waals surface area contributed by atoms with Gasteiger partial charge in [-0.1, -0.05) is 42.5 Å². The quantitative estimate of drug-likeness (QED) is 0.315. The van der Waals surface area contributed by atoms with Crippen molar-refractivity contribution in [3.8, 4) is 22.5 Å². The molecular formula is C26H23F3N4O2. The van der Waals surface area contributed by atoms with E-state index >= 15 is 0 Å². The summed E-state index contributed by atoms with van der Waals surface area (Å²) in [5.74, 6) is 0.302. The third kappa shape index (κ3) is 4.80. The number of carbonyl (C=O) groups excluding carboxylic acids is 1. The van der Waals surface area contributed by atoms with E-state index in [0.717, 1.165) is 17.7 Å². The molecule has 0 N–H and O–H groups in total. The van der Waals surface area contributed by atoms with Gasteiger partial charge in [-0.15, -0.1) is 0 Å². The van der Waals surface area contributed by atoms with Crippen LogP contribution in [0.1, 0.15) is 29.9 Å². The average Bonchev–Trinajstić information content (AvgIpc) is 2.88. The van der Waals surface area contributed by atoms with Crippen LogP contribution in [0.3, 0.4) is 0 Å². The van der Waals surface area contributed by atoms with Crippen LogP contribution in [0.4, 0.5) is 19.0 Å². The van der Waals surface area contributed by atoms with Gasteiger partial charge in [0.2, 0.25) is 0 Å². The van der Waals surface area contributed by atoms with E-state index in [-0.39, 0.29) is 5.69 Å². The number of pyridine rings is 1. The average molecular weight is 480 g/mol. The summed E-state index contributed by atoms with van der Waals surface area (Å²) in [6.07, 6.45) is -4.46. The minimum atomic E-state index is -4.46. The second-order valence-electron chi connectivity index (χ2n) is 7.73. The molecule has 0 radical (unpaired) electrons. The van der Waals surface area contributed by atoms with E-state index in [9.17, 15) is 18.0 Å². The molecule has 0 atom stereocenters. The first-order valence-electron chi connectivity index (χ1n) is 11.1. The molecule has 0 aliphatic carbocycles. The molecule has 0 fully saturated rings. The molecule has 0 amide bonds. The lowest BCUT2D eigenvalue weighted by Gasteiger charge is -2.22. The number of fused-ring (bicyclic) bond motifs is 1. The first-order chi connectivity index (χ1) is 16.8. The Hall–Kier alpha value is -4.01. The summed E-state index contributed by atoms with van der Waals surface area (Å²) in [5.41, 5.74) is 1.73. The first-order valence-corrected chi connectivity index (χ1v) is 11.1. The highest BCUT2D eigenvalue weighted by Crippen LogP contribution is 2.36. The molecule has 4 rings (SSSR count). The number of ether oxygens (including phenoxy) is 1. The van der Waals surface area contributed by atoms with Gasteiger partial charge in [0.05, 0.1) is 12.7 Å². The monoisotopic (exact) mass is 480 g/mol. The highest BCUT2D eigenvalue weighted by atomic mass is 19.4. The fourth-order valence-electron chi connectivity index (χ4n) is 3.82. The lowest BCUT2D eigenvalue weighted by Crippen LogP contribution is -2.24. The molecule has 0 saturated heterocycles. The Kier molecular flexibility index (Phi) is 6.68. The largest absolute Gasteiger partial charge is 0.464 e. The molecule has 0 spiro atoms. The molecule has 180 valence electrons. The van der Waals surface area contributed by atoms with Gasteiger partial charge in [-0.05, 0) is 37.6 Å². The summed E-state index contributed by atoms with van der Waals surface area (Å²) in [4.78, 5) is 28.5. The molecule has 4 aromatic rings. The van der Waals surface area contributed by atoms with E-state index in [4.69, 9.17) is 14.7 Å². The van der Waals surface area contributed by atoms with Gasteiger partial charge in [-0.3, -0.25) is 0 Å². The molecule has 35 heavy (non-hydrogen) atoms. The van der Waals surface area contributed by atoms with Crippen molar-refractivity contribution in [1.82, 2.24) is 15.0 Å². The number of nitrogens with zero attached hydrogens (tertiary/aromatic N) is 4. The van der Waals surface area contributed by atoms with E-state index < -0.39 is 17.7 Å². The van der Waals surface area contributed by atoms with Crippen molar-refractivity contribution in [2.24, 2.45) is 0 Å². The second kappa shape index (κ2) is 9.69. The van der Waals surface area contributed by atoms with Gasteiger partial charge < -0.3 is 9.64 Å². The summed E-state index contributed by atoms with van der Waals surface area (Å²) < 4.78 is 44.3. The van der Waals surface area contributed by atoms with E-state index in [1.807, 2.05) is 49.1 Å². The van der Waals surface area contributed by atoms with E-state index in [1.54, 1.807) is 0 Å². The van der Waals surface area contributed by atoms with E-state index in [1.165, 1.54) is 25.3 Å². The normalized spacial score (nSPS) is 11.5. The van der Waals surface area contributed by atoms with Crippen LogP contribution in [0.25, 0.3) is 33.5 Å². The van der Waals surface area contributed by atoms with Gasteiger partial charge >= 0.3 is 12.1 Å². The number of benzene rings is 2. The highest BCUT2D eigenvalue weighted by molar-refractivity contribution is 6.02. The Morgan fingerprint density at radius 2 is 1.54 bits per heavy atom. The standard InChI is InChI=1S/C26H23F3N4O2/c1-4-33(5-2)24-22-21(31-23(32-24)17-9-7-6-8-10-17)19(15-20(30-22)25(34)35-3)16-11-13-18(14-12-16)26(27,28)29/h6-15H,4-5H2,1-3H3. The highest BCUT2D eigenvalue weighted by Gasteiger charge is 2.30. The maximum atomic E-state index is 13.2. The van der Waals surface area contributed by atoms with E-state index in [0.29, 0.717) is 46.9 Å². The number of anilines is 1. The molecule has 6 nitrogen and oxygen atoms in total. The molecule has 0 saturated carbocycles. The summed E-state index contributed by atoms with van der Waals surface area (Å²) in [6.45, 7) is 5.19. The van der Waals surface area contributed by atoms with Gasteiger partial charge in [0, 0.05) is 24.2 Å². The third-order valence-electron chi connectivity index (χ3n) is 5.65. The van der Waals surface area contributed by atoms with Crippen molar-refractivity contribution >= 4 is 22.8 Å². The second-order valence-corrected chi connectivity index (χ2v) is 7.73. The van der Waals surface area contributed by atoms with Gasteiger partial charge in [-0.2, -0.15) is 13.2 Å². The number of carbonyl (C=O) groups is 1. The predicted molar refractivity (Wildman–Crippen MR) is 128 cm³/mol. The minimum absolute atomic E-state index is 0.0133. The van der Waals surface area contributed by atoms with Crippen LogP contribution >= 0.6 is 0 Å². The number of aromatic nitrogens is 3. The van der Waals surface area contributed by atoms with Gasteiger partial charge in [0.15, 0.2) is 11.6 Å². The zero-order valence-corrected chi connectivity index (χ0v) is 19.4. The van der Waals surface area contributed by atoms with Gasteiger partial charge in [0.1, 0.15) is 16.7 Å². The molecule has 9 heteroatoms. The van der Waals surface area contributed by atoms with Gasteiger partial charge in [-0.25, -0.2) is 19.7 Å². The maximum absolute atomic E-state index is 13.2. The lowest BCUT2D eigenvalue weighted by molar-refractivity contribution is -0.137. The minimum Gasteiger partial charge on any atom is -0.464 e. The van der Waals surface area contributed by atoms with Crippen LogP contribution in [0.15, 0.2) is 60.7 Å². The Balaban J connectivity index is 2.07. The fourth-order valence-corrected chi connectivity index (χ4v) is 3.82. The lowest BCUT2D eigenvalue weighted by atomic mass is 10.0. The molecule has 0 unspecified atom stereocenters. The molecule has 2 heterocycles. The summed E-state index contributed by atoms with van der Waals surface area (Å²) >= 11 is 0. The number of alkyl halides is 3. The summed E-state index contributed by atoms with van der Waals surface area (Å²) in [6, 6.07) is 15.6. The molecule has 0 bridgehead atoms. The smallest absolute Gasteiger partial charge is 0.416 e. The van der Waals surface area contributed by atoms with Crippen molar-refractivity contribution in [3.63, 3.8) is 0 Å². The number of hydrogen-bond acceptors (Lipinski definition) is 6. The third-order valence-corrected chi connectivity index (χ3v) is 5.65. The first kappa shape index (κ1) is 24.1. The van der Waals surface area contributed by atoms with Crippen molar-refractivity contribution < 1.29 is 22.7 Å². The predicted octanol–water partition coefficient (Wildman–Crippen LogP) is 6.01. The Labute approximate surface area is 200 Å². The Bertz CT molecular complexity index is 1350. The van der Waals surface area contributed by atoms with Crippen molar-refractivity contribution in [2.45, 2.75) is 20.0 Å². The zero-order chi connectivity index (χ0) is 25.2. The van der Waals surface area contributed by atoms with E-state index in [2.05, 4.69) is 4.98 Å². The molecule has 2 aromatic heterocycles. The van der Waals surface area contributed by atoms with Crippen molar-refractivity contribution in [1.29, 1.82) is 0 Å². The van der Waals surface area contributed by atoms with Crippen LogP contribution in [0.5, 0.6) is 0 Å². The number of methoxy groups -OCH3 is 1. The number of hydrogen-bond donors (Lipinski definition) is 0.